The fourth-order valence-corrected chi connectivity index (χ4v) is 1.43. The zero-order valence-electron chi connectivity index (χ0n) is 9.58. The number of hydrogen-bond donors (Lipinski definition) is 2. The average molecular weight is 264 g/mol. The summed E-state index contributed by atoms with van der Waals surface area (Å²) in [6.45, 7) is -0.365. The molecular weight excluding hydrogens is 255 g/mol. The highest BCUT2D eigenvalue weighted by atomic mass is 19.1. The van der Waals surface area contributed by atoms with E-state index in [0.29, 0.717) is 0 Å². The fourth-order valence-electron chi connectivity index (χ4n) is 1.43. The minimum absolute atomic E-state index is 0.0180. The summed E-state index contributed by atoms with van der Waals surface area (Å²) in [6, 6.07) is 5.65. The van der Waals surface area contributed by atoms with Crippen LogP contribution in [0.2, 0.25) is 0 Å². The topological polar surface area (TPSA) is 97.1 Å². The molecule has 1 aromatic heterocycles. The van der Waals surface area contributed by atoms with E-state index in [4.69, 9.17) is 5.11 Å². The lowest BCUT2D eigenvalue weighted by atomic mass is 10.3. The molecule has 8 heteroatoms. The van der Waals surface area contributed by atoms with E-state index >= 15 is 0 Å². The number of para-hydroxylation sites is 1. The van der Waals surface area contributed by atoms with Gasteiger partial charge >= 0.3 is 5.97 Å². The van der Waals surface area contributed by atoms with E-state index in [0.717, 1.165) is 10.9 Å². The first-order valence-corrected chi connectivity index (χ1v) is 5.24. The van der Waals surface area contributed by atoms with E-state index in [-0.39, 0.29) is 17.9 Å². The second kappa shape index (κ2) is 5.25. The number of carboxylic acid groups (broad SMARTS) is 1. The lowest BCUT2D eigenvalue weighted by Crippen LogP contribution is -2.22. The fraction of sp³-hybridized carbons (Fsp3) is 0.0909. The Morgan fingerprint density at radius 2 is 2.11 bits per heavy atom. The summed E-state index contributed by atoms with van der Waals surface area (Å²) in [4.78, 5) is 22.4. The number of halogens is 1. The normalized spacial score (nSPS) is 10.2. The van der Waals surface area contributed by atoms with Gasteiger partial charge in [-0.1, -0.05) is 17.3 Å². The summed E-state index contributed by atoms with van der Waals surface area (Å²) in [5, 5.41) is 18.0. The average Bonchev–Trinajstić information content (AvgIpc) is 2.80. The van der Waals surface area contributed by atoms with E-state index in [9.17, 15) is 14.0 Å². The molecule has 0 aliphatic heterocycles. The molecule has 0 aliphatic rings. The molecule has 2 aromatic rings. The quantitative estimate of drug-likeness (QED) is 0.849. The molecule has 1 aromatic carbocycles. The molecule has 0 aliphatic carbocycles. The van der Waals surface area contributed by atoms with Crippen LogP contribution in [0.1, 0.15) is 10.5 Å². The molecule has 0 unspecified atom stereocenters. The molecule has 0 spiro atoms. The molecule has 0 fully saturated rings. The highest BCUT2D eigenvalue weighted by molar-refractivity contribution is 5.91. The number of carbonyl (C=O) groups excluding carboxylic acids is 1. The number of anilines is 1. The lowest BCUT2D eigenvalue weighted by Gasteiger charge is -2.06. The van der Waals surface area contributed by atoms with Crippen molar-refractivity contribution in [2.45, 2.75) is 6.54 Å². The van der Waals surface area contributed by atoms with Crippen LogP contribution in [0.4, 0.5) is 10.1 Å². The van der Waals surface area contributed by atoms with Crippen LogP contribution in [0.15, 0.2) is 30.5 Å². The Hall–Kier alpha value is -2.77. The van der Waals surface area contributed by atoms with Gasteiger partial charge in [-0.2, -0.15) is 0 Å². The molecule has 98 valence electrons. The third-order valence-electron chi connectivity index (χ3n) is 2.28. The first-order valence-electron chi connectivity index (χ1n) is 5.24. The van der Waals surface area contributed by atoms with Gasteiger partial charge in [-0.05, 0) is 12.1 Å². The molecule has 0 saturated carbocycles. The minimum atomic E-state index is -1.25. The van der Waals surface area contributed by atoms with Crippen molar-refractivity contribution in [3.63, 3.8) is 0 Å². The summed E-state index contributed by atoms with van der Waals surface area (Å²) in [5.74, 6) is -2.42. The molecule has 19 heavy (non-hydrogen) atoms. The van der Waals surface area contributed by atoms with Crippen LogP contribution in [0.25, 0.3) is 0 Å². The number of amides is 1. The predicted molar refractivity (Wildman–Crippen MR) is 62.0 cm³/mol. The summed E-state index contributed by atoms with van der Waals surface area (Å²) in [7, 11) is 0. The highest BCUT2D eigenvalue weighted by Gasteiger charge is 2.15. The van der Waals surface area contributed by atoms with Crippen LogP contribution < -0.4 is 5.32 Å². The Kier molecular flexibility index (Phi) is 3.51. The number of benzene rings is 1. The molecule has 7 nitrogen and oxygen atoms in total. The Morgan fingerprint density at radius 1 is 1.37 bits per heavy atom. The van der Waals surface area contributed by atoms with Crippen LogP contribution >= 0.6 is 0 Å². The molecule has 0 atom stereocenters. The number of nitrogens with zero attached hydrogens (tertiary/aromatic N) is 3. The predicted octanol–water partition coefficient (Wildman–Crippen LogP) is 0.754. The van der Waals surface area contributed by atoms with Crippen molar-refractivity contribution in [2.24, 2.45) is 0 Å². The standard InChI is InChI=1S/C11H9FN4O3/c12-7-3-1-2-4-8(7)14-10(17)6-16-9(11(18)19)5-13-15-16/h1-5H,6H2,(H,14,17)(H,18,19). The number of nitrogens with one attached hydrogen (secondary N) is 1. The van der Waals surface area contributed by atoms with Gasteiger partial charge in [0.05, 0.1) is 11.9 Å². The molecule has 2 N–H and O–H groups in total. The van der Waals surface area contributed by atoms with Gasteiger partial charge in [0.15, 0.2) is 5.69 Å². The lowest BCUT2D eigenvalue weighted by molar-refractivity contribution is -0.117. The van der Waals surface area contributed by atoms with Crippen LogP contribution in [0, 0.1) is 5.82 Å². The van der Waals surface area contributed by atoms with Crippen molar-refractivity contribution in [3.8, 4) is 0 Å². The van der Waals surface area contributed by atoms with Crippen molar-refractivity contribution in [3.05, 3.63) is 42.0 Å². The minimum Gasteiger partial charge on any atom is -0.476 e. The number of carbonyl (C=O) groups is 2. The number of rotatable bonds is 4. The third-order valence-corrected chi connectivity index (χ3v) is 2.28. The summed E-state index contributed by atoms with van der Waals surface area (Å²) < 4.78 is 14.2. The van der Waals surface area contributed by atoms with E-state index < -0.39 is 17.7 Å². The van der Waals surface area contributed by atoms with Crippen LogP contribution in [0.3, 0.4) is 0 Å². The van der Waals surface area contributed by atoms with Gasteiger partial charge < -0.3 is 10.4 Å². The molecule has 2 rings (SSSR count). The Balaban J connectivity index is 2.08. The zero-order valence-corrected chi connectivity index (χ0v) is 9.58. The van der Waals surface area contributed by atoms with Crippen LogP contribution in [0.5, 0.6) is 0 Å². The van der Waals surface area contributed by atoms with Crippen molar-refractivity contribution < 1.29 is 19.1 Å². The highest BCUT2D eigenvalue weighted by Crippen LogP contribution is 2.12. The number of aromatic nitrogens is 3. The third kappa shape index (κ3) is 2.92. The monoisotopic (exact) mass is 264 g/mol. The Labute approximate surface area is 106 Å². The van der Waals surface area contributed by atoms with Gasteiger partial charge in [0.2, 0.25) is 5.91 Å². The second-order valence-electron chi connectivity index (χ2n) is 3.61. The van der Waals surface area contributed by atoms with Gasteiger partial charge in [-0.25, -0.2) is 13.9 Å². The maximum absolute atomic E-state index is 13.3. The summed E-state index contributed by atoms with van der Waals surface area (Å²) in [5.41, 5.74) is -0.201. The van der Waals surface area contributed by atoms with E-state index in [1.165, 1.54) is 18.2 Å². The maximum Gasteiger partial charge on any atom is 0.355 e. The van der Waals surface area contributed by atoms with Gasteiger partial charge in [0.1, 0.15) is 12.4 Å². The van der Waals surface area contributed by atoms with Crippen molar-refractivity contribution in [1.82, 2.24) is 15.0 Å². The smallest absolute Gasteiger partial charge is 0.355 e. The molecule has 0 radical (unpaired) electrons. The van der Waals surface area contributed by atoms with Gasteiger partial charge in [0.25, 0.3) is 0 Å². The van der Waals surface area contributed by atoms with Gasteiger partial charge in [-0.15, -0.1) is 5.10 Å². The number of carboxylic acids is 1. The first kappa shape index (κ1) is 12.7. The van der Waals surface area contributed by atoms with Crippen LogP contribution in [-0.4, -0.2) is 32.0 Å². The van der Waals surface area contributed by atoms with Gasteiger partial charge in [0, 0.05) is 0 Å². The van der Waals surface area contributed by atoms with E-state index in [2.05, 4.69) is 15.6 Å². The molecule has 0 bridgehead atoms. The Bertz CT molecular complexity index is 626. The van der Waals surface area contributed by atoms with Crippen molar-refractivity contribution in [2.75, 3.05) is 5.32 Å². The number of hydrogen-bond acceptors (Lipinski definition) is 4. The summed E-state index contributed by atoms with van der Waals surface area (Å²) in [6.07, 6.45) is 1.03. The van der Waals surface area contributed by atoms with Crippen molar-refractivity contribution >= 4 is 17.6 Å². The molecule has 1 amide bonds. The van der Waals surface area contributed by atoms with E-state index in [1.54, 1.807) is 6.07 Å². The Morgan fingerprint density at radius 3 is 2.79 bits per heavy atom. The first-order chi connectivity index (χ1) is 9.08. The molecule has 0 saturated heterocycles. The second-order valence-corrected chi connectivity index (χ2v) is 3.61. The largest absolute Gasteiger partial charge is 0.476 e. The van der Waals surface area contributed by atoms with Gasteiger partial charge in [-0.3, -0.25) is 4.79 Å². The maximum atomic E-state index is 13.3. The summed E-state index contributed by atoms with van der Waals surface area (Å²) >= 11 is 0. The van der Waals surface area contributed by atoms with E-state index in [1.807, 2.05) is 0 Å². The molecular formula is C11H9FN4O3. The molecule has 1 heterocycles. The zero-order chi connectivity index (χ0) is 13.8. The number of aromatic carboxylic acids is 1. The van der Waals surface area contributed by atoms with Crippen LogP contribution in [-0.2, 0) is 11.3 Å². The SMILES string of the molecule is O=C(Cn1nncc1C(=O)O)Nc1ccccc1F. The van der Waals surface area contributed by atoms with Crippen molar-refractivity contribution in [1.29, 1.82) is 0 Å².